The topological polar surface area (TPSA) is 81.6 Å². The highest BCUT2D eigenvalue weighted by atomic mass is 79.9. The summed E-state index contributed by atoms with van der Waals surface area (Å²) < 4.78 is 13.8. The van der Waals surface area contributed by atoms with E-state index in [0.717, 1.165) is 6.07 Å². The number of hydrogen-bond acceptors (Lipinski definition) is 4. The minimum atomic E-state index is -0.594. The number of halogens is 2. The van der Waals surface area contributed by atoms with E-state index in [0.29, 0.717) is 0 Å². The van der Waals surface area contributed by atoms with E-state index in [2.05, 4.69) is 31.2 Å². The molecule has 0 saturated heterocycles. The van der Waals surface area contributed by atoms with Gasteiger partial charge in [0.25, 0.3) is 5.56 Å². The van der Waals surface area contributed by atoms with Gasteiger partial charge in [-0.3, -0.25) is 4.79 Å². The van der Waals surface area contributed by atoms with Crippen molar-refractivity contribution in [3.63, 3.8) is 0 Å². The Morgan fingerprint density at radius 1 is 1.50 bits per heavy atom. The first kappa shape index (κ1) is 12.3. The van der Waals surface area contributed by atoms with Crippen LogP contribution in [-0.4, -0.2) is 9.97 Å². The van der Waals surface area contributed by atoms with E-state index in [-0.39, 0.29) is 27.1 Å². The second-order valence-corrected chi connectivity index (χ2v) is 4.12. The largest absolute Gasteiger partial charge is 0.337 e. The van der Waals surface area contributed by atoms with E-state index in [1.165, 1.54) is 18.5 Å². The van der Waals surface area contributed by atoms with Crippen LogP contribution in [0.3, 0.4) is 0 Å². The van der Waals surface area contributed by atoms with Crippen LogP contribution in [0, 0.1) is 17.1 Å². The number of aromatic nitrogens is 2. The molecule has 7 heteroatoms. The van der Waals surface area contributed by atoms with Crippen molar-refractivity contribution < 1.29 is 4.39 Å². The number of nitriles is 1. The molecule has 18 heavy (non-hydrogen) atoms. The summed E-state index contributed by atoms with van der Waals surface area (Å²) in [5, 5.41) is 11.3. The van der Waals surface area contributed by atoms with Gasteiger partial charge in [0.05, 0.1) is 23.6 Å². The normalized spacial score (nSPS) is 9.83. The lowest BCUT2D eigenvalue weighted by atomic mass is 10.2. The average molecular weight is 309 g/mol. The minimum Gasteiger partial charge on any atom is -0.337 e. The molecule has 1 heterocycles. The number of nitrogens with zero attached hydrogens (tertiary/aromatic N) is 2. The zero-order chi connectivity index (χ0) is 13.1. The maximum atomic E-state index is 13.6. The highest BCUT2D eigenvalue weighted by molar-refractivity contribution is 9.10. The lowest BCUT2D eigenvalue weighted by molar-refractivity contribution is 0.631. The molecule has 0 atom stereocenters. The Bertz CT molecular complexity index is 692. The first-order chi connectivity index (χ1) is 8.61. The molecule has 2 rings (SSSR count). The van der Waals surface area contributed by atoms with Gasteiger partial charge in [0, 0.05) is 0 Å². The Labute approximate surface area is 109 Å². The van der Waals surface area contributed by atoms with Crippen molar-refractivity contribution in [2.45, 2.75) is 0 Å². The third-order valence-corrected chi connectivity index (χ3v) is 2.88. The molecule has 0 radical (unpaired) electrons. The number of H-pyrrole nitrogens is 1. The quantitative estimate of drug-likeness (QED) is 0.892. The Morgan fingerprint density at radius 3 is 2.94 bits per heavy atom. The number of aromatic amines is 1. The molecule has 1 aromatic heterocycles. The summed E-state index contributed by atoms with van der Waals surface area (Å²) in [5.41, 5.74) is -0.0228. The molecule has 0 spiro atoms. The molecule has 0 unspecified atom stereocenters. The molecular formula is C11H6BrFN4O. The van der Waals surface area contributed by atoms with Crippen molar-refractivity contribution in [3.05, 3.63) is 50.7 Å². The Hall–Kier alpha value is -2.20. The van der Waals surface area contributed by atoms with E-state index in [1.807, 2.05) is 6.07 Å². The SMILES string of the molecule is N#Cc1ccc(Nc2nc[nH]c(=O)c2Br)c(F)c1. The fourth-order valence-corrected chi connectivity index (χ4v) is 1.60. The molecule has 0 aliphatic heterocycles. The van der Waals surface area contributed by atoms with Gasteiger partial charge >= 0.3 is 0 Å². The summed E-state index contributed by atoms with van der Waals surface area (Å²) in [5.74, 6) is -0.398. The number of nitrogens with one attached hydrogen (secondary N) is 2. The molecule has 0 aliphatic carbocycles. The molecule has 0 fully saturated rings. The Balaban J connectivity index is 2.38. The summed E-state index contributed by atoms with van der Waals surface area (Å²) in [6, 6.07) is 5.80. The van der Waals surface area contributed by atoms with Crippen LogP contribution in [0.2, 0.25) is 0 Å². The fraction of sp³-hybridized carbons (Fsp3) is 0. The summed E-state index contributed by atoms with van der Waals surface area (Å²) in [4.78, 5) is 17.5. The number of benzene rings is 1. The summed E-state index contributed by atoms with van der Waals surface area (Å²) >= 11 is 3.05. The van der Waals surface area contributed by atoms with Crippen molar-refractivity contribution in [3.8, 4) is 6.07 Å². The molecule has 0 aliphatic rings. The van der Waals surface area contributed by atoms with Gasteiger partial charge in [0.1, 0.15) is 10.3 Å². The Morgan fingerprint density at radius 2 is 2.28 bits per heavy atom. The van der Waals surface area contributed by atoms with Gasteiger partial charge in [-0.1, -0.05) is 0 Å². The second-order valence-electron chi connectivity index (χ2n) is 3.33. The molecule has 90 valence electrons. The van der Waals surface area contributed by atoms with Gasteiger partial charge < -0.3 is 10.3 Å². The lowest BCUT2D eigenvalue weighted by Gasteiger charge is -2.07. The molecule has 0 bridgehead atoms. The van der Waals surface area contributed by atoms with Crippen LogP contribution in [0.15, 0.2) is 33.8 Å². The predicted molar refractivity (Wildman–Crippen MR) is 67.0 cm³/mol. The molecule has 5 nitrogen and oxygen atoms in total. The van der Waals surface area contributed by atoms with Crippen LogP contribution in [0.25, 0.3) is 0 Å². The monoisotopic (exact) mass is 308 g/mol. The van der Waals surface area contributed by atoms with Gasteiger partial charge in [-0.05, 0) is 34.1 Å². The summed E-state index contributed by atoms with van der Waals surface area (Å²) in [6.07, 6.45) is 1.21. The first-order valence-electron chi connectivity index (χ1n) is 4.81. The molecule has 0 saturated carbocycles. The van der Waals surface area contributed by atoms with E-state index in [4.69, 9.17) is 5.26 Å². The van der Waals surface area contributed by atoms with Crippen LogP contribution in [0.4, 0.5) is 15.9 Å². The van der Waals surface area contributed by atoms with E-state index < -0.39 is 5.82 Å². The molecule has 2 N–H and O–H groups in total. The van der Waals surface area contributed by atoms with E-state index in [1.54, 1.807) is 0 Å². The van der Waals surface area contributed by atoms with Crippen LogP contribution in [0.1, 0.15) is 5.56 Å². The Kier molecular flexibility index (Phi) is 3.39. The van der Waals surface area contributed by atoms with Crippen molar-refractivity contribution in [1.29, 1.82) is 5.26 Å². The van der Waals surface area contributed by atoms with Crippen LogP contribution in [0.5, 0.6) is 0 Å². The third-order valence-electron chi connectivity index (χ3n) is 2.15. The zero-order valence-corrected chi connectivity index (χ0v) is 10.5. The van der Waals surface area contributed by atoms with E-state index >= 15 is 0 Å². The summed E-state index contributed by atoms with van der Waals surface area (Å²) in [6.45, 7) is 0. The maximum Gasteiger partial charge on any atom is 0.267 e. The average Bonchev–Trinajstić information content (AvgIpc) is 2.37. The van der Waals surface area contributed by atoms with Crippen molar-refractivity contribution >= 4 is 27.4 Å². The van der Waals surface area contributed by atoms with Crippen molar-refractivity contribution in [2.75, 3.05) is 5.32 Å². The molecule has 2 aromatic rings. The first-order valence-corrected chi connectivity index (χ1v) is 5.61. The van der Waals surface area contributed by atoms with Crippen LogP contribution in [-0.2, 0) is 0 Å². The third kappa shape index (κ3) is 2.38. The maximum absolute atomic E-state index is 13.6. The van der Waals surface area contributed by atoms with Crippen molar-refractivity contribution in [2.24, 2.45) is 0 Å². The molecule has 0 amide bonds. The lowest BCUT2D eigenvalue weighted by Crippen LogP contribution is -2.10. The van der Waals surface area contributed by atoms with Gasteiger partial charge in [0.15, 0.2) is 5.82 Å². The highest BCUT2D eigenvalue weighted by Gasteiger charge is 2.09. The summed E-state index contributed by atoms with van der Waals surface area (Å²) in [7, 11) is 0. The fourth-order valence-electron chi connectivity index (χ4n) is 1.28. The van der Waals surface area contributed by atoms with Crippen molar-refractivity contribution in [1.82, 2.24) is 9.97 Å². The zero-order valence-electron chi connectivity index (χ0n) is 8.87. The van der Waals surface area contributed by atoms with Crippen LogP contribution >= 0.6 is 15.9 Å². The van der Waals surface area contributed by atoms with Gasteiger partial charge in [-0.15, -0.1) is 0 Å². The number of rotatable bonds is 2. The number of hydrogen-bond donors (Lipinski definition) is 2. The molecular weight excluding hydrogens is 303 g/mol. The minimum absolute atomic E-state index is 0.132. The number of anilines is 2. The highest BCUT2D eigenvalue weighted by Crippen LogP contribution is 2.22. The van der Waals surface area contributed by atoms with Gasteiger partial charge in [-0.2, -0.15) is 5.26 Å². The molecule has 1 aromatic carbocycles. The van der Waals surface area contributed by atoms with Gasteiger partial charge in [-0.25, -0.2) is 9.37 Å². The van der Waals surface area contributed by atoms with Gasteiger partial charge in [0.2, 0.25) is 0 Å². The standard InChI is InChI=1S/C11H6BrFN4O/c12-9-10(15-5-16-11(9)18)17-8-2-1-6(4-14)3-7(8)13/h1-3,5H,(H2,15,16,17,18). The van der Waals surface area contributed by atoms with Crippen LogP contribution < -0.4 is 10.9 Å². The second kappa shape index (κ2) is 4.98. The smallest absolute Gasteiger partial charge is 0.267 e. The predicted octanol–water partition coefficient (Wildman–Crippen LogP) is 2.29. The van der Waals surface area contributed by atoms with E-state index in [9.17, 15) is 9.18 Å².